The van der Waals surface area contributed by atoms with Crippen molar-refractivity contribution in [3.63, 3.8) is 0 Å². The smallest absolute Gasteiger partial charge is 0.325 e. The molecule has 2 heterocycles. The van der Waals surface area contributed by atoms with Gasteiger partial charge in [0.2, 0.25) is 11.8 Å². The van der Waals surface area contributed by atoms with E-state index < -0.39 is 46.1 Å². The molecule has 0 aliphatic carbocycles. The number of nitro groups is 1. The standard InChI is InChI=1S/C32H31N3O6/c1-3-22-11-8-12-23(4-2)28(22)34-29(36)26-25(18-15-20-9-6-5-7-10-20)33-32(31(38)39,27(26)30(34)37)19-21-13-16-24(17-14-21)35(40)41/h5-18,25-27,33H,3-4,19H2,1-2H3,(H,38,39). The van der Waals surface area contributed by atoms with Crippen molar-refractivity contribution in [3.05, 3.63) is 111 Å². The predicted molar refractivity (Wildman–Crippen MR) is 154 cm³/mol. The van der Waals surface area contributed by atoms with E-state index >= 15 is 0 Å². The van der Waals surface area contributed by atoms with Crippen molar-refractivity contribution in [1.29, 1.82) is 0 Å². The Morgan fingerprint density at radius 2 is 1.61 bits per heavy atom. The number of hydrogen-bond donors (Lipinski definition) is 2. The Kier molecular flexibility index (Phi) is 7.55. The van der Waals surface area contributed by atoms with Gasteiger partial charge in [0, 0.05) is 24.6 Å². The number of carboxylic acids is 1. The van der Waals surface area contributed by atoms with Gasteiger partial charge < -0.3 is 5.11 Å². The van der Waals surface area contributed by atoms with Crippen LogP contribution < -0.4 is 10.2 Å². The van der Waals surface area contributed by atoms with Crippen molar-refractivity contribution in [2.24, 2.45) is 11.8 Å². The molecule has 2 aliphatic rings. The number of anilines is 1. The summed E-state index contributed by atoms with van der Waals surface area (Å²) in [5.74, 6) is -4.39. The van der Waals surface area contributed by atoms with E-state index in [4.69, 9.17) is 0 Å². The van der Waals surface area contributed by atoms with E-state index in [2.05, 4.69) is 5.32 Å². The van der Waals surface area contributed by atoms with E-state index in [1.54, 1.807) is 6.08 Å². The molecule has 2 N–H and O–H groups in total. The number of benzene rings is 3. The zero-order valence-electron chi connectivity index (χ0n) is 22.8. The summed E-state index contributed by atoms with van der Waals surface area (Å²) in [6.07, 6.45) is 4.63. The van der Waals surface area contributed by atoms with Crippen molar-refractivity contribution in [2.75, 3.05) is 4.90 Å². The molecule has 0 saturated carbocycles. The SMILES string of the molecule is CCc1cccc(CC)c1N1C(=O)C2C(C=Cc3ccccc3)NC(Cc3ccc([N+](=O)[O-])cc3)(C(=O)O)C2C1=O. The number of aliphatic carboxylic acids is 1. The molecule has 4 atom stereocenters. The second-order valence-electron chi connectivity index (χ2n) is 10.5. The molecule has 3 aromatic carbocycles. The van der Waals surface area contributed by atoms with Crippen molar-refractivity contribution in [3.8, 4) is 0 Å². The quantitative estimate of drug-likeness (QED) is 0.225. The van der Waals surface area contributed by atoms with Crippen LogP contribution in [0, 0.1) is 22.0 Å². The number of nitrogens with one attached hydrogen (secondary N) is 1. The van der Waals surface area contributed by atoms with Crippen LogP contribution in [-0.2, 0) is 33.6 Å². The summed E-state index contributed by atoms with van der Waals surface area (Å²) in [5, 5.41) is 25.0. The third-order valence-corrected chi connectivity index (χ3v) is 8.19. The lowest BCUT2D eigenvalue weighted by Gasteiger charge is -2.31. The van der Waals surface area contributed by atoms with Crippen LogP contribution in [0.25, 0.3) is 6.08 Å². The monoisotopic (exact) mass is 553 g/mol. The average molecular weight is 554 g/mol. The lowest BCUT2D eigenvalue weighted by molar-refractivity contribution is -0.384. The number of para-hydroxylation sites is 1. The highest BCUT2D eigenvalue weighted by Gasteiger charge is 2.68. The van der Waals surface area contributed by atoms with Gasteiger partial charge in [-0.1, -0.05) is 86.7 Å². The normalized spacial score (nSPS) is 23.8. The first kappa shape index (κ1) is 27.9. The molecule has 3 aromatic rings. The molecular formula is C32H31N3O6. The minimum absolute atomic E-state index is 0.124. The summed E-state index contributed by atoms with van der Waals surface area (Å²) in [5.41, 5.74) is 1.65. The maximum Gasteiger partial charge on any atom is 0.325 e. The lowest BCUT2D eigenvalue weighted by Crippen LogP contribution is -2.58. The minimum Gasteiger partial charge on any atom is -0.480 e. The zero-order valence-corrected chi connectivity index (χ0v) is 22.8. The Balaban J connectivity index is 1.63. The Hall–Kier alpha value is -4.63. The second-order valence-corrected chi connectivity index (χ2v) is 10.5. The van der Waals surface area contributed by atoms with Crippen molar-refractivity contribution in [2.45, 2.75) is 44.7 Å². The molecule has 0 aromatic heterocycles. The summed E-state index contributed by atoms with van der Waals surface area (Å²) in [7, 11) is 0. The first-order valence-electron chi connectivity index (χ1n) is 13.7. The molecule has 9 nitrogen and oxygen atoms in total. The minimum atomic E-state index is -1.82. The summed E-state index contributed by atoms with van der Waals surface area (Å²) in [6, 6.07) is 19.9. The average Bonchev–Trinajstić information content (AvgIpc) is 3.45. The van der Waals surface area contributed by atoms with Crippen molar-refractivity contribution >= 4 is 35.2 Å². The van der Waals surface area contributed by atoms with Crippen LogP contribution in [0.3, 0.4) is 0 Å². The number of non-ortho nitro benzene ring substituents is 1. The van der Waals surface area contributed by atoms with Gasteiger partial charge in [-0.25, -0.2) is 4.90 Å². The van der Waals surface area contributed by atoms with Gasteiger partial charge in [0.1, 0.15) is 5.54 Å². The van der Waals surface area contributed by atoms with E-state index in [9.17, 15) is 29.6 Å². The Morgan fingerprint density at radius 1 is 0.976 bits per heavy atom. The third-order valence-electron chi connectivity index (χ3n) is 8.19. The predicted octanol–water partition coefficient (Wildman–Crippen LogP) is 4.58. The highest BCUT2D eigenvalue weighted by atomic mass is 16.6. The number of fused-ring (bicyclic) bond motifs is 1. The number of carbonyl (C=O) groups excluding carboxylic acids is 2. The van der Waals surface area contributed by atoms with Gasteiger partial charge >= 0.3 is 5.97 Å². The third kappa shape index (κ3) is 4.82. The Labute approximate surface area is 237 Å². The number of rotatable bonds is 9. The van der Waals surface area contributed by atoms with Crippen LogP contribution in [0.1, 0.15) is 36.1 Å². The summed E-state index contributed by atoms with van der Waals surface area (Å²) < 4.78 is 0. The summed E-state index contributed by atoms with van der Waals surface area (Å²) in [4.78, 5) is 53.5. The van der Waals surface area contributed by atoms with Crippen LogP contribution in [0.2, 0.25) is 0 Å². The van der Waals surface area contributed by atoms with E-state index in [0.29, 0.717) is 24.1 Å². The number of carboxylic acid groups (broad SMARTS) is 1. The fraction of sp³-hybridized carbons (Fsp3) is 0.281. The molecule has 2 aliphatic heterocycles. The first-order chi connectivity index (χ1) is 19.7. The first-order valence-corrected chi connectivity index (χ1v) is 13.7. The molecule has 5 rings (SSSR count). The molecule has 0 radical (unpaired) electrons. The largest absolute Gasteiger partial charge is 0.480 e. The van der Waals surface area contributed by atoms with Crippen LogP contribution in [0.15, 0.2) is 78.9 Å². The topological polar surface area (TPSA) is 130 Å². The van der Waals surface area contributed by atoms with Crippen LogP contribution in [-0.4, -0.2) is 39.4 Å². The molecule has 2 saturated heterocycles. The molecule has 210 valence electrons. The second kappa shape index (κ2) is 11.1. The molecule has 41 heavy (non-hydrogen) atoms. The number of carbonyl (C=O) groups is 3. The summed E-state index contributed by atoms with van der Waals surface area (Å²) >= 11 is 0. The highest BCUT2D eigenvalue weighted by Crippen LogP contribution is 2.47. The van der Waals surface area contributed by atoms with Gasteiger partial charge in [-0.05, 0) is 35.1 Å². The fourth-order valence-corrected chi connectivity index (χ4v) is 6.21. The van der Waals surface area contributed by atoms with E-state index in [-0.39, 0.29) is 12.1 Å². The van der Waals surface area contributed by atoms with Crippen molar-refractivity contribution < 1.29 is 24.4 Å². The molecule has 4 unspecified atom stereocenters. The van der Waals surface area contributed by atoms with Crippen molar-refractivity contribution in [1.82, 2.24) is 5.32 Å². The Bertz CT molecular complexity index is 1510. The molecule has 2 amide bonds. The lowest BCUT2D eigenvalue weighted by atomic mass is 9.76. The number of amides is 2. The van der Waals surface area contributed by atoms with E-state index in [1.165, 1.54) is 29.2 Å². The fourth-order valence-electron chi connectivity index (χ4n) is 6.21. The molecule has 0 bridgehead atoms. The maximum atomic E-state index is 14.3. The molecular weight excluding hydrogens is 522 g/mol. The highest BCUT2D eigenvalue weighted by molar-refractivity contribution is 6.25. The maximum absolute atomic E-state index is 14.3. The van der Waals surface area contributed by atoms with E-state index in [0.717, 1.165) is 16.7 Å². The van der Waals surface area contributed by atoms with Gasteiger partial charge in [0.25, 0.3) is 5.69 Å². The van der Waals surface area contributed by atoms with Crippen LogP contribution >= 0.6 is 0 Å². The molecule has 0 spiro atoms. The molecule has 9 heteroatoms. The van der Waals surface area contributed by atoms with Crippen LogP contribution in [0.4, 0.5) is 11.4 Å². The summed E-state index contributed by atoms with van der Waals surface area (Å²) in [6.45, 7) is 3.90. The number of aryl methyl sites for hydroxylation is 2. The van der Waals surface area contributed by atoms with Gasteiger partial charge in [0.05, 0.1) is 22.4 Å². The van der Waals surface area contributed by atoms with Gasteiger partial charge in [-0.15, -0.1) is 0 Å². The number of nitro benzene ring substituents is 1. The number of nitrogens with zero attached hydrogens (tertiary/aromatic N) is 2. The number of hydrogen-bond acceptors (Lipinski definition) is 6. The van der Waals surface area contributed by atoms with Gasteiger partial charge in [0.15, 0.2) is 0 Å². The number of imide groups is 1. The van der Waals surface area contributed by atoms with E-state index in [1.807, 2.05) is 68.5 Å². The zero-order chi connectivity index (χ0) is 29.3. The van der Waals surface area contributed by atoms with Gasteiger partial charge in [-0.3, -0.25) is 29.8 Å². The Morgan fingerprint density at radius 3 is 2.17 bits per heavy atom. The molecule has 2 fully saturated rings. The van der Waals surface area contributed by atoms with Gasteiger partial charge in [-0.2, -0.15) is 0 Å². The van der Waals surface area contributed by atoms with Crippen LogP contribution in [0.5, 0.6) is 0 Å².